The van der Waals surface area contributed by atoms with Gasteiger partial charge in [0.2, 0.25) is 0 Å². The summed E-state index contributed by atoms with van der Waals surface area (Å²) in [4.78, 5) is 2.36. The minimum absolute atomic E-state index is 0.797. The van der Waals surface area contributed by atoms with Gasteiger partial charge < -0.3 is 10.2 Å². The molecule has 0 spiro atoms. The van der Waals surface area contributed by atoms with Crippen LogP contribution in [0.3, 0.4) is 0 Å². The minimum Gasteiger partial charge on any atom is -0.309 e. The van der Waals surface area contributed by atoms with Crippen LogP contribution < -0.4 is 5.32 Å². The molecule has 0 bridgehead atoms. The smallest absolute Gasteiger partial charge is 0.0251 e. The molecule has 0 radical (unpaired) electrons. The van der Waals surface area contributed by atoms with Crippen LogP contribution >= 0.6 is 11.8 Å². The van der Waals surface area contributed by atoms with Crippen molar-refractivity contribution >= 4 is 11.8 Å². The third-order valence-corrected chi connectivity index (χ3v) is 4.04. The van der Waals surface area contributed by atoms with Crippen LogP contribution in [0.5, 0.6) is 0 Å². The Bertz CT molecular complexity index is 199. The highest BCUT2D eigenvalue weighted by atomic mass is 32.2. The van der Waals surface area contributed by atoms with Crippen molar-refractivity contribution in [3.05, 3.63) is 11.6 Å². The second-order valence-electron chi connectivity index (χ2n) is 3.99. The van der Waals surface area contributed by atoms with Crippen molar-refractivity contribution in [2.75, 3.05) is 38.2 Å². The van der Waals surface area contributed by atoms with E-state index in [2.05, 4.69) is 23.3 Å². The lowest BCUT2D eigenvalue weighted by Gasteiger charge is -2.28. The molecule has 2 aliphatic rings. The first kappa shape index (κ1) is 9.56. The summed E-state index contributed by atoms with van der Waals surface area (Å²) in [7, 11) is 2.18. The van der Waals surface area contributed by atoms with Crippen molar-refractivity contribution in [3.8, 4) is 0 Å². The summed E-state index contributed by atoms with van der Waals surface area (Å²) in [6, 6.07) is 0.797. The predicted molar refractivity (Wildman–Crippen MR) is 59.3 cm³/mol. The quantitative estimate of drug-likeness (QED) is 0.680. The molecule has 2 aliphatic heterocycles. The van der Waals surface area contributed by atoms with Gasteiger partial charge in [0.25, 0.3) is 0 Å². The van der Waals surface area contributed by atoms with Gasteiger partial charge in [-0.1, -0.05) is 11.6 Å². The minimum atomic E-state index is 0.797. The number of rotatable bonds is 3. The van der Waals surface area contributed by atoms with Gasteiger partial charge in [0.15, 0.2) is 0 Å². The maximum atomic E-state index is 3.60. The lowest BCUT2D eigenvalue weighted by atomic mass is 10.1. The van der Waals surface area contributed by atoms with Gasteiger partial charge in [-0.05, 0) is 13.5 Å². The molecular formula is C10H18N2S. The standard InChI is InChI=1S/C10H18N2S/c1-12-4-2-9(3-5-12)6-11-10-7-13-8-10/h2,10-11H,3-8H2,1H3. The van der Waals surface area contributed by atoms with Crippen molar-refractivity contribution in [3.63, 3.8) is 0 Å². The van der Waals surface area contributed by atoms with Crippen LogP contribution in [0.15, 0.2) is 11.6 Å². The van der Waals surface area contributed by atoms with Gasteiger partial charge in [-0.2, -0.15) is 11.8 Å². The van der Waals surface area contributed by atoms with Gasteiger partial charge in [-0.3, -0.25) is 0 Å². The molecule has 2 nitrogen and oxygen atoms in total. The molecule has 1 fully saturated rings. The van der Waals surface area contributed by atoms with Crippen molar-refractivity contribution in [2.45, 2.75) is 12.5 Å². The molecule has 0 unspecified atom stereocenters. The third-order valence-electron chi connectivity index (χ3n) is 2.76. The molecule has 0 amide bonds. The first-order valence-electron chi connectivity index (χ1n) is 5.02. The van der Waals surface area contributed by atoms with E-state index in [4.69, 9.17) is 0 Å². The highest BCUT2D eigenvalue weighted by molar-refractivity contribution is 8.00. The van der Waals surface area contributed by atoms with Crippen LogP contribution in [0, 0.1) is 0 Å². The number of hydrogen-bond acceptors (Lipinski definition) is 3. The lowest BCUT2D eigenvalue weighted by molar-refractivity contribution is 0.355. The van der Waals surface area contributed by atoms with E-state index in [1.807, 2.05) is 11.8 Å². The van der Waals surface area contributed by atoms with Crippen LogP contribution in [-0.2, 0) is 0 Å². The molecule has 2 heterocycles. The van der Waals surface area contributed by atoms with E-state index in [-0.39, 0.29) is 0 Å². The fourth-order valence-corrected chi connectivity index (χ4v) is 2.31. The molecule has 74 valence electrons. The van der Waals surface area contributed by atoms with E-state index in [0.717, 1.165) is 19.1 Å². The Morgan fingerprint density at radius 3 is 3.00 bits per heavy atom. The van der Waals surface area contributed by atoms with Gasteiger partial charge in [0.1, 0.15) is 0 Å². The number of hydrogen-bond donors (Lipinski definition) is 1. The Hall–Kier alpha value is 0.01000. The molecule has 0 aliphatic carbocycles. The average molecular weight is 198 g/mol. The average Bonchev–Trinajstić information content (AvgIpc) is 2.05. The Labute approximate surface area is 84.8 Å². The summed E-state index contributed by atoms with van der Waals surface area (Å²) in [5.74, 6) is 2.63. The molecule has 2 rings (SSSR count). The summed E-state index contributed by atoms with van der Waals surface area (Å²) < 4.78 is 0. The van der Waals surface area contributed by atoms with Crippen LogP contribution in [0.4, 0.5) is 0 Å². The van der Waals surface area contributed by atoms with Crippen molar-refractivity contribution < 1.29 is 0 Å². The molecular weight excluding hydrogens is 180 g/mol. The zero-order valence-electron chi connectivity index (χ0n) is 8.25. The summed E-state index contributed by atoms with van der Waals surface area (Å²) in [5, 5.41) is 3.60. The van der Waals surface area contributed by atoms with Crippen molar-refractivity contribution in [1.29, 1.82) is 0 Å². The lowest BCUT2D eigenvalue weighted by Crippen LogP contribution is -2.41. The zero-order valence-corrected chi connectivity index (χ0v) is 9.07. The number of nitrogens with one attached hydrogen (secondary N) is 1. The van der Waals surface area contributed by atoms with Crippen LogP contribution in [0.1, 0.15) is 6.42 Å². The van der Waals surface area contributed by atoms with E-state index < -0.39 is 0 Å². The first-order valence-corrected chi connectivity index (χ1v) is 6.17. The fourth-order valence-electron chi connectivity index (χ4n) is 1.60. The summed E-state index contributed by atoms with van der Waals surface area (Å²) in [6.45, 7) is 3.49. The highest BCUT2D eigenvalue weighted by Crippen LogP contribution is 2.18. The monoisotopic (exact) mass is 198 g/mol. The number of likely N-dealkylation sites (N-methyl/N-ethyl adjacent to an activating group) is 1. The van der Waals surface area contributed by atoms with Gasteiger partial charge in [-0.25, -0.2) is 0 Å². The molecule has 0 aromatic carbocycles. The van der Waals surface area contributed by atoms with Crippen LogP contribution in [0.2, 0.25) is 0 Å². The van der Waals surface area contributed by atoms with Crippen LogP contribution in [-0.4, -0.2) is 49.1 Å². The molecule has 0 atom stereocenters. The molecule has 3 heteroatoms. The normalized spacial score (nSPS) is 25.5. The Morgan fingerprint density at radius 1 is 1.62 bits per heavy atom. The number of thioether (sulfide) groups is 1. The van der Waals surface area contributed by atoms with E-state index in [9.17, 15) is 0 Å². The fraction of sp³-hybridized carbons (Fsp3) is 0.800. The van der Waals surface area contributed by atoms with Gasteiger partial charge in [0, 0.05) is 37.2 Å². The maximum Gasteiger partial charge on any atom is 0.0251 e. The SMILES string of the molecule is CN1CC=C(CNC2CSC2)CC1. The third kappa shape index (κ3) is 2.73. The Balaban J connectivity index is 1.68. The maximum absolute atomic E-state index is 3.60. The van der Waals surface area contributed by atoms with Crippen molar-refractivity contribution in [1.82, 2.24) is 10.2 Å². The zero-order chi connectivity index (χ0) is 9.10. The van der Waals surface area contributed by atoms with E-state index >= 15 is 0 Å². The van der Waals surface area contributed by atoms with Crippen molar-refractivity contribution in [2.24, 2.45) is 0 Å². The summed E-state index contributed by atoms with van der Waals surface area (Å²) >= 11 is 2.04. The Morgan fingerprint density at radius 2 is 2.46 bits per heavy atom. The molecule has 0 saturated carbocycles. The molecule has 0 aromatic heterocycles. The highest BCUT2D eigenvalue weighted by Gasteiger charge is 2.17. The van der Waals surface area contributed by atoms with E-state index in [1.54, 1.807) is 5.57 Å². The van der Waals surface area contributed by atoms with Gasteiger partial charge >= 0.3 is 0 Å². The van der Waals surface area contributed by atoms with Gasteiger partial charge in [0.05, 0.1) is 0 Å². The van der Waals surface area contributed by atoms with Gasteiger partial charge in [-0.15, -0.1) is 0 Å². The molecule has 1 saturated heterocycles. The van der Waals surface area contributed by atoms with E-state index in [1.165, 1.54) is 24.5 Å². The van der Waals surface area contributed by atoms with E-state index in [0.29, 0.717) is 0 Å². The second kappa shape index (κ2) is 4.49. The first-order chi connectivity index (χ1) is 6.34. The number of nitrogens with zero attached hydrogens (tertiary/aromatic N) is 1. The second-order valence-corrected chi connectivity index (χ2v) is 5.06. The summed E-state index contributed by atoms with van der Waals surface area (Å²) in [5.41, 5.74) is 1.61. The predicted octanol–water partition coefficient (Wildman–Crippen LogP) is 0.953. The Kier molecular flexibility index (Phi) is 3.30. The molecule has 1 N–H and O–H groups in total. The molecule has 13 heavy (non-hydrogen) atoms. The van der Waals surface area contributed by atoms with Crippen LogP contribution in [0.25, 0.3) is 0 Å². The largest absolute Gasteiger partial charge is 0.309 e. The topological polar surface area (TPSA) is 15.3 Å². The summed E-state index contributed by atoms with van der Waals surface area (Å²) in [6.07, 6.45) is 3.63. The molecule has 0 aromatic rings.